The molecule has 156 valence electrons. The van der Waals surface area contributed by atoms with Crippen LogP contribution in [0.4, 0.5) is 0 Å². The van der Waals surface area contributed by atoms with Gasteiger partial charge < -0.3 is 32.6 Å². The van der Waals surface area contributed by atoms with Gasteiger partial charge in [0.25, 0.3) is 5.91 Å². The van der Waals surface area contributed by atoms with Crippen LogP contribution in [0.3, 0.4) is 0 Å². The molecule has 6 nitrogen and oxygen atoms in total. The third-order valence-corrected chi connectivity index (χ3v) is 4.28. The van der Waals surface area contributed by atoms with E-state index >= 15 is 0 Å². The first-order chi connectivity index (χ1) is 11.9. The number of likely N-dealkylation sites (N-methyl/N-ethyl adjacent to an activating group) is 1. The number of hydrogen-bond donors (Lipinski definition) is 3. The average molecular weight is 394 g/mol. The Morgan fingerprint density at radius 2 is 1.42 bits per heavy atom. The molecule has 0 atom stereocenters. The van der Waals surface area contributed by atoms with E-state index in [-0.39, 0.29) is 30.8 Å². The molecule has 0 aliphatic carbocycles. The highest BCUT2D eigenvalue weighted by atomic mass is 35.5. The number of nitrogens with zero attached hydrogens (tertiary/aromatic N) is 1. The SMILES string of the molecule is CCCCCCCCCC(=O)NCCC[N+](C)(C)CC(=O)NCCO.[Cl-]. The maximum atomic E-state index is 11.8. The van der Waals surface area contributed by atoms with Gasteiger partial charge in [-0.15, -0.1) is 0 Å². The molecule has 26 heavy (non-hydrogen) atoms. The number of halogens is 1. The van der Waals surface area contributed by atoms with E-state index in [9.17, 15) is 9.59 Å². The normalized spacial score (nSPS) is 10.9. The van der Waals surface area contributed by atoms with Crippen LogP contribution in [-0.2, 0) is 9.59 Å². The van der Waals surface area contributed by atoms with Gasteiger partial charge >= 0.3 is 0 Å². The van der Waals surface area contributed by atoms with Crippen LogP contribution in [0, 0.1) is 0 Å². The Balaban J connectivity index is 0. The largest absolute Gasteiger partial charge is 1.00 e. The summed E-state index contributed by atoms with van der Waals surface area (Å²) in [7, 11) is 4.00. The predicted octanol–water partition coefficient (Wildman–Crippen LogP) is -1.18. The molecule has 0 aromatic rings. The van der Waals surface area contributed by atoms with E-state index < -0.39 is 0 Å². The fraction of sp³-hybridized carbons (Fsp3) is 0.895. The summed E-state index contributed by atoms with van der Waals surface area (Å²) in [6.45, 7) is 4.35. The van der Waals surface area contributed by atoms with Crippen LogP contribution >= 0.6 is 0 Å². The number of unbranched alkanes of at least 4 members (excludes halogenated alkanes) is 6. The molecule has 0 aliphatic rings. The van der Waals surface area contributed by atoms with Gasteiger partial charge in [0.1, 0.15) is 0 Å². The highest BCUT2D eigenvalue weighted by Crippen LogP contribution is 2.08. The monoisotopic (exact) mass is 393 g/mol. The Bertz CT molecular complexity index is 366. The lowest BCUT2D eigenvalue weighted by Crippen LogP contribution is -3.00. The molecule has 0 fully saturated rings. The van der Waals surface area contributed by atoms with E-state index in [1.807, 2.05) is 14.1 Å². The first kappa shape index (κ1) is 27.4. The number of hydrogen-bond acceptors (Lipinski definition) is 3. The molecule has 0 aromatic heterocycles. The third-order valence-electron chi connectivity index (χ3n) is 4.28. The van der Waals surface area contributed by atoms with Gasteiger partial charge in [0.2, 0.25) is 5.91 Å². The molecule has 0 radical (unpaired) electrons. The van der Waals surface area contributed by atoms with Crippen molar-refractivity contribution in [3.05, 3.63) is 0 Å². The lowest BCUT2D eigenvalue weighted by atomic mass is 10.1. The summed E-state index contributed by atoms with van der Waals surface area (Å²) < 4.78 is 0.574. The minimum atomic E-state index is -0.0537. The molecule has 3 N–H and O–H groups in total. The molecule has 0 heterocycles. The lowest BCUT2D eigenvalue weighted by Gasteiger charge is -2.29. The van der Waals surface area contributed by atoms with Gasteiger partial charge in [-0.3, -0.25) is 9.59 Å². The summed E-state index contributed by atoms with van der Waals surface area (Å²) in [5, 5.41) is 14.3. The van der Waals surface area contributed by atoms with Crippen LogP contribution < -0.4 is 23.0 Å². The zero-order valence-electron chi connectivity index (χ0n) is 17.0. The second-order valence-corrected chi connectivity index (χ2v) is 7.47. The van der Waals surface area contributed by atoms with Gasteiger partial charge in [0.05, 0.1) is 27.2 Å². The van der Waals surface area contributed by atoms with Crippen LogP contribution in [0.2, 0.25) is 0 Å². The number of rotatable bonds is 16. The third kappa shape index (κ3) is 18.0. The Morgan fingerprint density at radius 1 is 0.846 bits per heavy atom. The maximum absolute atomic E-state index is 11.8. The minimum Gasteiger partial charge on any atom is -1.00 e. The zero-order valence-corrected chi connectivity index (χ0v) is 17.7. The number of aliphatic hydroxyl groups excluding tert-OH is 1. The van der Waals surface area contributed by atoms with Crippen molar-refractivity contribution in [2.45, 2.75) is 64.7 Å². The Kier molecular flexibility index (Phi) is 18.5. The molecule has 0 saturated heterocycles. The van der Waals surface area contributed by atoms with Gasteiger partial charge in [-0.25, -0.2) is 0 Å². The van der Waals surface area contributed by atoms with Crippen LogP contribution in [0.15, 0.2) is 0 Å². The summed E-state index contributed by atoms with van der Waals surface area (Å²) in [5.74, 6) is 0.0848. The maximum Gasteiger partial charge on any atom is 0.275 e. The number of carbonyl (C=O) groups excluding carboxylic acids is 2. The van der Waals surface area contributed by atoms with Crippen molar-refractivity contribution >= 4 is 11.8 Å². The van der Waals surface area contributed by atoms with E-state index in [0.29, 0.717) is 30.5 Å². The van der Waals surface area contributed by atoms with Gasteiger partial charge in [0.15, 0.2) is 6.54 Å². The number of aliphatic hydroxyl groups is 1. The zero-order chi connectivity index (χ0) is 19.0. The number of nitrogens with one attached hydrogen (secondary N) is 2. The molecule has 0 spiro atoms. The predicted molar refractivity (Wildman–Crippen MR) is 102 cm³/mol. The van der Waals surface area contributed by atoms with Crippen LogP contribution in [-0.4, -0.2) is 68.3 Å². The topological polar surface area (TPSA) is 78.4 Å². The highest BCUT2D eigenvalue weighted by Gasteiger charge is 2.19. The Hall–Kier alpha value is -0.850. The van der Waals surface area contributed by atoms with Crippen molar-refractivity contribution in [1.82, 2.24) is 10.6 Å². The van der Waals surface area contributed by atoms with Crippen molar-refractivity contribution in [1.29, 1.82) is 0 Å². The average Bonchev–Trinajstić information content (AvgIpc) is 2.55. The van der Waals surface area contributed by atoms with Crippen molar-refractivity contribution in [3.8, 4) is 0 Å². The smallest absolute Gasteiger partial charge is 0.275 e. The van der Waals surface area contributed by atoms with Gasteiger partial charge in [0, 0.05) is 25.9 Å². The molecule has 0 aromatic carbocycles. The number of amides is 2. The quantitative estimate of drug-likeness (QED) is 0.228. The number of quaternary nitrogens is 1. The molecular weight excluding hydrogens is 354 g/mol. The first-order valence-corrected chi connectivity index (χ1v) is 9.87. The van der Waals surface area contributed by atoms with Crippen molar-refractivity contribution in [3.63, 3.8) is 0 Å². The van der Waals surface area contributed by atoms with E-state index in [1.165, 1.54) is 32.1 Å². The second-order valence-electron chi connectivity index (χ2n) is 7.47. The summed E-state index contributed by atoms with van der Waals surface area (Å²) >= 11 is 0. The Morgan fingerprint density at radius 3 is 2.04 bits per heavy atom. The fourth-order valence-electron chi connectivity index (χ4n) is 2.78. The standard InChI is InChI=1S/C19H39N3O3.ClH/c1-4-5-6-7-8-9-10-12-18(24)20-13-11-15-22(2,3)17-19(25)21-14-16-23;/h23H,4-17H2,1-3H3,(H-,20,21,24,25);1H. The van der Waals surface area contributed by atoms with E-state index in [0.717, 1.165) is 25.8 Å². The highest BCUT2D eigenvalue weighted by molar-refractivity contribution is 5.77. The Labute approximate surface area is 166 Å². The molecule has 0 saturated carbocycles. The first-order valence-electron chi connectivity index (χ1n) is 9.87. The van der Waals surface area contributed by atoms with Gasteiger partial charge in [-0.05, 0) is 6.42 Å². The van der Waals surface area contributed by atoms with E-state index in [2.05, 4.69) is 17.6 Å². The summed E-state index contributed by atoms with van der Waals surface area (Å²) in [6.07, 6.45) is 10.0. The van der Waals surface area contributed by atoms with Gasteiger partial charge in [-0.2, -0.15) is 0 Å². The lowest BCUT2D eigenvalue weighted by molar-refractivity contribution is -0.882. The second kappa shape index (κ2) is 17.6. The molecule has 0 unspecified atom stereocenters. The summed E-state index contributed by atoms with van der Waals surface area (Å²) in [5.41, 5.74) is 0. The minimum absolute atomic E-state index is 0. The molecule has 0 rings (SSSR count). The molecule has 0 aliphatic heterocycles. The van der Waals surface area contributed by atoms with E-state index in [1.54, 1.807) is 0 Å². The summed E-state index contributed by atoms with van der Waals surface area (Å²) in [6, 6.07) is 0. The van der Waals surface area contributed by atoms with E-state index in [4.69, 9.17) is 5.11 Å². The van der Waals surface area contributed by atoms with Gasteiger partial charge in [-0.1, -0.05) is 45.4 Å². The molecule has 7 heteroatoms. The van der Waals surface area contributed by atoms with Crippen LogP contribution in [0.5, 0.6) is 0 Å². The number of carbonyl (C=O) groups is 2. The molecular formula is C19H40ClN3O3. The van der Waals surface area contributed by atoms with Crippen molar-refractivity contribution in [2.24, 2.45) is 0 Å². The molecule has 0 bridgehead atoms. The van der Waals surface area contributed by atoms with Crippen molar-refractivity contribution in [2.75, 3.05) is 46.9 Å². The van der Waals surface area contributed by atoms with Crippen LogP contribution in [0.1, 0.15) is 64.7 Å². The summed E-state index contributed by atoms with van der Waals surface area (Å²) in [4.78, 5) is 23.5. The molecule has 2 amide bonds. The van der Waals surface area contributed by atoms with Crippen LogP contribution in [0.25, 0.3) is 0 Å². The fourth-order valence-corrected chi connectivity index (χ4v) is 2.78. The van der Waals surface area contributed by atoms with Crippen molar-refractivity contribution < 1.29 is 31.6 Å².